The molecule has 11 heteroatoms. The number of carbonyl (C=O) groups is 2. The molecule has 0 saturated carbocycles. The molecule has 0 saturated heterocycles. The van der Waals surface area contributed by atoms with Gasteiger partial charge in [0.1, 0.15) is 5.60 Å². The average molecular weight is 549 g/mol. The first-order chi connectivity index (χ1) is 17.5. The molecule has 0 aliphatic carbocycles. The summed E-state index contributed by atoms with van der Waals surface area (Å²) in [5.41, 5.74) is 0.831. The number of alkyl carbamates (subject to hydrolysis) is 1. The Morgan fingerprint density at radius 1 is 0.946 bits per heavy atom. The second-order valence-electron chi connectivity index (χ2n) is 9.59. The summed E-state index contributed by atoms with van der Waals surface area (Å²) in [6.07, 6.45) is 4.61. The summed E-state index contributed by atoms with van der Waals surface area (Å²) in [5.74, 6) is -0.269. The number of unbranched alkanes of at least 4 members (excludes halogenated alkanes) is 3. The van der Waals surface area contributed by atoms with Crippen LogP contribution in [0.4, 0.5) is 10.5 Å². The minimum atomic E-state index is -3.86. The lowest BCUT2D eigenvalue weighted by atomic mass is 10.2. The molecule has 0 fully saturated rings. The first-order valence-corrected chi connectivity index (χ1v) is 14.0. The van der Waals surface area contributed by atoms with Gasteiger partial charge in [-0.3, -0.25) is 9.52 Å². The van der Waals surface area contributed by atoms with Gasteiger partial charge in [0.05, 0.1) is 21.1 Å². The van der Waals surface area contributed by atoms with Crippen molar-refractivity contribution in [2.45, 2.75) is 57.0 Å². The highest BCUT2D eigenvalue weighted by Gasteiger charge is 2.18. The number of sulfonamides is 1. The van der Waals surface area contributed by atoms with Crippen LogP contribution in [-0.4, -0.2) is 44.1 Å². The van der Waals surface area contributed by atoms with Gasteiger partial charge in [-0.05, 0) is 63.9 Å². The zero-order chi connectivity index (χ0) is 27.1. The molecule has 0 atom stereocenters. The number of nitrogens with one attached hydrogen (secondary N) is 4. The minimum Gasteiger partial charge on any atom is -0.444 e. The molecule has 37 heavy (non-hydrogen) atoms. The zero-order valence-corrected chi connectivity index (χ0v) is 22.8. The molecule has 1 aromatic heterocycles. The third-order valence-electron chi connectivity index (χ3n) is 5.39. The summed E-state index contributed by atoms with van der Waals surface area (Å²) in [5, 5.41) is 6.78. The zero-order valence-electron chi connectivity index (χ0n) is 21.2. The Morgan fingerprint density at radius 3 is 2.24 bits per heavy atom. The van der Waals surface area contributed by atoms with E-state index in [1.165, 1.54) is 24.3 Å². The van der Waals surface area contributed by atoms with Gasteiger partial charge in [0, 0.05) is 30.2 Å². The number of aromatic nitrogens is 1. The maximum Gasteiger partial charge on any atom is 0.407 e. The highest BCUT2D eigenvalue weighted by Crippen LogP contribution is 2.29. The highest BCUT2D eigenvalue weighted by molar-refractivity contribution is 7.92. The minimum absolute atomic E-state index is 0.0405. The summed E-state index contributed by atoms with van der Waals surface area (Å²) in [6, 6.07) is 10.9. The average Bonchev–Trinajstić information content (AvgIpc) is 3.21. The molecule has 9 nitrogen and oxygen atoms in total. The monoisotopic (exact) mass is 548 g/mol. The molecule has 0 spiro atoms. The van der Waals surface area contributed by atoms with Crippen LogP contribution in [0.2, 0.25) is 5.02 Å². The van der Waals surface area contributed by atoms with Gasteiger partial charge in [0.2, 0.25) is 0 Å². The van der Waals surface area contributed by atoms with Crippen LogP contribution in [0.25, 0.3) is 10.9 Å². The van der Waals surface area contributed by atoms with Crippen molar-refractivity contribution in [3.8, 4) is 0 Å². The lowest BCUT2D eigenvalue weighted by Crippen LogP contribution is -2.33. The fraction of sp³-hybridized carbons (Fsp3) is 0.385. The van der Waals surface area contributed by atoms with Crippen molar-refractivity contribution in [3.63, 3.8) is 0 Å². The number of carbonyl (C=O) groups excluding carboxylic acids is 2. The Morgan fingerprint density at radius 2 is 1.59 bits per heavy atom. The number of rotatable bonds is 11. The standard InChI is InChI=1S/C26H33ClN4O5S/c1-26(2,3)36-25(33)29-16-7-5-4-6-15-28-24(32)18-11-13-19(14-12-18)37(34,35)31-22-10-8-9-20-21(27)17-30-23(20)22/h8-14,17,30-31H,4-7,15-16H2,1-3H3,(H,28,32)(H,29,33). The van der Waals surface area contributed by atoms with Gasteiger partial charge < -0.3 is 20.4 Å². The number of hydrogen-bond donors (Lipinski definition) is 4. The number of ether oxygens (including phenoxy) is 1. The number of para-hydroxylation sites is 1. The van der Waals surface area contributed by atoms with Gasteiger partial charge in [-0.25, -0.2) is 13.2 Å². The fourth-order valence-electron chi connectivity index (χ4n) is 3.61. The molecule has 4 N–H and O–H groups in total. The van der Waals surface area contributed by atoms with E-state index in [1.54, 1.807) is 24.4 Å². The van der Waals surface area contributed by atoms with Crippen molar-refractivity contribution in [1.82, 2.24) is 15.6 Å². The van der Waals surface area contributed by atoms with E-state index in [0.717, 1.165) is 25.7 Å². The molecule has 0 bridgehead atoms. The normalized spacial score (nSPS) is 11.8. The number of fused-ring (bicyclic) bond motifs is 1. The molecule has 0 aliphatic rings. The maximum atomic E-state index is 12.9. The second-order valence-corrected chi connectivity index (χ2v) is 11.7. The second kappa shape index (κ2) is 12.3. The Labute approximate surface area is 222 Å². The summed E-state index contributed by atoms with van der Waals surface area (Å²) in [7, 11) is -3.86. The van der Waals surface area contributed by atoms with Gasteiger partial charge in [-0.2, -0.15) is 0 Å². The number of benzene rings is 2. The van der Waals surface area contributed by atoms with E-state index in [4.69, 9.17) is 16.3 Å². The number of H-pyrrole nitrogens is 1. The SMILES string of the molecule is CC(C)(C)OC(=O)NCCCCCCNC(=O)c1ccc(S(=O)(=O)Nc2cccc3c(Cl)c[nH]c23)cc1. The fourth-order valence-corrected chi connectivity index (χ4v) is 4.89. The van der Waals surface area contributed by atoms with Gasteiger partial charge in [-0.15, -0.1) is 0 Å². The number of hydrogen-bond acceptors (Lipinski definition) is 5. The van der Waals surface area contributed by atoms with Crippen LogP contribution >= 0.6 is 11.6 Å². The van der Waals surface area contributed by atoms with Crippen molar-refractivity contribution in [1.29, 1.82) is 0 Å². The molecule has 2 aromatic carbocycles. The third-order valence-corrected chi connectivity index (χ3v) is 7.09. The molecule has 200 valence electrons. The Balaban J connectivity index is 1.41. The maximum absolute atomic E-state index is 12.9. The van der Waals surface area contributed by atoms with Gasteiger partial charge >= 0.3 is 6.09 Å². The van der Waals surface area contributed by atoms with Crippen LogP contribution in [0.3, 0.4) is 0 Å². The third kappa shape index (κ3) is 8.40. The van der Waals surface area contributed by atoms with Crippen molar-refractivity contribution >= 4 is 50.2 Å². The summed E-state index contributed by atoms with van der Waals surface area (Å²) >= 11 is 6.12. The van der Waals surface area contributed by atoms with E-state index >= 15 is 0 Å². The Kier molecular flexibility index (Phi) is 9.45. The largest absolute Gasteiger partial charge is 0.444 e. The van der Waals surface area contributed by atoms with E-state index in [1.807, 2.05) is 20.8 Å². The molecule has 1 heterocycles. The molecule has 3 aromatic rings. The predicted octanol–water partition coefficient (Wildman–Crippen LogP) is 5.44. The molecule has 2 amide bonds. The Hall–Kier alpha value is -3.24. The van der Waals surface area contributed by atoms with E-state index in [2.05, 4.69) is 20.3 Å². The van der Waals surface area contributed by atoms with Gasteiger partial charge in [0.15, 0.2) is 0 Å². The summed E-state index contributed by atoms with van der Waals surface area (Å²) in [6.45, 7) is 6.50. The van der Waals surface area contributed by atoms with Crippen molar-refractivity contribution in [2.24, 2.45) is 0 Å². The van der Waals surface area contributed by atoms with E-state index in [-0.39, 0.29) is 10.8 Å². The van der Waals surface area contributed by atoms with Crippen LogP contribution in [0.1, 0.15) is 56.8 Å². The van der Waals surface area contributed by atoms with Crippen LogP contribution in [0, 0.1) is 0 Å². The quantitative estimate of drug-likeness (QED) is 0.237. The van der Waals surface area contributed by atoms with Crippen LogP contribution in [-0.2, 0) is 14.8 Å². The molecule has 0 unspecified atom stereocenters. The lowest BCUT2D eigenvalue weighted by Gasteiger charge is -2.19. The van der Waals surface area contributed by atoms with E-state index < -0.39 is 21.7 Å². The topological polar surface area (TPSA) is 129 Å². The first-order valence-electron chi connectivity index (χ1n) is 12.1. The van der Waals surface area contributed by atoms with Gasteiger partial charge in [-0.1, -0.05) is 36.6 Å². The smallest absolute Gasteiger partial charge is 0.407 e. The van der Waals surface area contributed by atoms with Crippen LogP contribution in [0.5, 0.6) is 0 Å². The molecular weight excluding hydrogens is 516 g/mol. The molecule has 0 aliphatic heterocycles. The number of aromatic amines is 1. The summed E-state index contributed by atoms with van der Waals surface area (Å²) < 4.78 is 33.5. The van der Waals surface area contributed by atoms with Crippen molar-refractivity contribution < 1.29 is 22.7 Å². The molecule has 0 radical (unpaired) electrons. The molecular formula is C26H33ClN4O5S. The van der Waals surface area contributed by atoms with Crippen LogP contribution < -0.4 is 15.4 Å². The highest BCUT2D eigenvalue weighted by atomic mass is 35.5. The number of amides is 2. The first kappa shape index (κ1) is 28.3. The van der Waals surface area contributed by atoms with Crippen LogP contribution in [0.15, 0.2) is 53.6 Å². The number of anilines is 1. The van der Waals surface area contributed by atoms with E-state index in [9.17, 15) is 18.0 Å². The predicted molar refractivity (Wildman–Crippen MR) is 146 cm³/mol. The number of halogens is 1. The lowest BCUT2D eigenvalue weighted by molar-refractivity contribution is 0.0526. The van der Waals surface area contributed by atoms with Crippen molar-refractivity contribution in [3.05, 3.63) is 59.2 Å². The van der Waals surface area contributed by atoms with E-state index in [0.29, 0.717) is 40.3 Å². The van der Waals surface area contributed by atoms with Crippen molar-refractivity contribution in [2.75, 3.05) is 17.8 Å². The summed E-state index contributed by atoms with van der Waals surface area (Å²) in [4.78, 5) is 27.0. The Bertz CT molecular complexity index is 1330. The van der Waals surface area contributed by atoms with Gasteiger partial charge in [0.25, 0.3) is 15.9 Å². The molecule has 3 rings (SSSR count).